The Kier molecular flexibility index (Phi) is 4.97. The molecule has 0 bridgehead atoms. The van der Waals surface area contributed by atoms with Crippen LogP contribution in [0.1, 0.15) is 23.7 Å². The van der Waals surface area contributed by atoms with Gasteiger partial charge >= 0.3 is 0 Å². The molecule has 0 spiro atoms. The largest absolute Gasteiger partial charge is 0.493 e. The van der Waals surface area contributed by atoms with Gasteiger partial charge in [-0.2, -0.15) is 0 Å². The third-order valence-corrected chi connectivity index (χ3v) is 2.82. The summed E-state index contributed by atoms with van der Waals surface area (Å²) in [4.78, 5) is 12.1. The summed E-state index contributed by atoms with van der Waals surface area (Å²) in [6.45, 7) is 2.32. The normalized spacial score (nSPS) is 12.0. The number of hydrogen-bond acceptors (Lipinski definition) is 4. The van der Waals surface area contributed by atoms with E-state index in [2.05, 4.69) is 0 Å². The standard InChI is InChI=1S/C13H19NO3/c1-4-9(8-14)13(15)10-5-6-11(16-2)12(7-10)17-3/h5-7,9H,4,8,14H2,1-3H3. The number of ether oxygens (including phenoxy) is 2. The fourth-order valence-electron chi connectivity index (χ4n) is 1.68. The fourth-order valence-corrected chi connectivity index (χ4v) is 1.68. The lowest BCUT2D eigenvalue weighted by atomic mass is 9.95. The van der Waals surface area contributed by atoms with Crippen molar-refractivity contribution in [3.8, 4) is 11.5 Å². The van der Waals surface area contributed by atoms with Crippen molar-refractivity contribution in [2.24, 2.45) is 11.7 Å². The first-order valence-electron chi connectivity index (χ1n) is 5.64. The lowest BCUT2D eigenvalue weighted by Gasteiger charge is -2.13. The van der Waals surface area contributed by atoms with Crippen LogP contribution in [0.15, 0.2) is 18.2 Å². The van der Waals surface area contributed by atoms with Crippen molar-refractivity contribution in [1.29, 1.82) is 0 Å². The first kappa shape index (κ1) is 13.5. The van der Waals surface area contributed by atoms with Crippen LogP contribution in [-0.2, 0) is 0 Å². The minimum Gasteiger partial charge on any atom is -0.493 e. The summed E-state index contributed by atoms with van der Waals surface area (Å²) in [5.74, 6) is 1.10. The van der Waals surface area contributed by atoms with Gasteiger partial charge in [-0.25, -0.2) is 0 Å². The molecule has 94 valence electrons. The van der Waals surface area contributed by atoms with E-state index in [4.69, 9.17) is 15.2 Å². The molecule has 1 atom stereocenters. The molecule has 1 unspecified atom stereocenters. The lowest BCUT2D eigenvalue weighted by molar-refractivity contribution is 0.0921. The maximum absolute atomic E-state index is 12.1. The molecular formula is C13H19NO3. The highest BCUT2D eigenvalue weighted by atomic mass is 16.5. The van der Waals surface area contributed by atoms with Crippen molar-refractivity contribution in [1.82, 2.24) is 0 Å². The van der Waals surface area contributed by atoms with E-state index < -0.39 is 0 Å². The second kappa shape index (κ2) is 6.25. The molecule has 0 amide bonds. The summed E-state index contributed by atoms with van der Waals surface area (Å²) in [5, 5.41) is 0. The van der Waals surface area contributed by atoms with Gasteiger partial charge in [0, 0.05) is 18.0 Å². The average molecular weight is 237 g/mol. The second-order valence-corrected chi connectivity index (χ2v) is 3.77. The maximum atomic E-state index is 12.1. The SMILES string of the molecule is CCC(CN)C(=O)c1ccc(OC)c(OC)c1. The molecule has 0 aromatic heterocycles. The average Bonchev–Trinajstić information content (AvgIpc) is 2.39. The van der Waals surface area contributed by atoms with Gasteiger partial charge in [0.1, 0.15) is 0 Å². The van der Waals surface area contributed by atoms with E-state index in [9.17, 15) is 4.79 Å². The zero-order chi connectivity index (χ0) is 12.8. The molecular weight excluding hydrogens is 218 g/mol. The van der Waals surface area contributed by atoms with Crippen LogP contribution in [0.25, 0.3) is 0 Å². The van der Waals surface area contributed by atoms with E-state index in [1.807, 2.05) is 6.92 Å². The molecule has 0 fully saturated rings. The van der Waals surface area contributed by atoms with Crippen LogP contribution in [0.5, 0.6) is 11.5 Å². The molecule has 0 saturated heterocycles. The Labute approximate surface area is 102 Å². The number of benzene rings is 1. The third kappa shape index (κ3) is 2.97. The molecule has 0 aliphatic heterocycles. The highest BCUT2D eigenvalue weighted by Crippen LogP contribution is 2.28. The first-order chi connectivity index (χ1) is 8.17. The number of nitrogens with two attached hydrogens (primary N) is 1. The molecule has 2 N–H and O–H groups in total. The van der Waals surface area contributed by atoms with Gasteiger partial charge in [0.05, 0.1) is 14.2 Å². The highest BCUT2D eigenvalue weighted by Gasteiger charge is 2.18. The van der Waals surface area contributed by atoms with Crippen LogP contribution in [0.2, 0.25) is 0 Å². The molecule has 0 radical (unpaired) electrons. The predicted octanol–water partition coefficient (Wildman–Crippen LogP) is 1.87. The van der Waals surface area contributed by atoms with Gasteiger partial charge in [-0.3, -0.25) is 4.79 Å². The van der Waals surface area contributed by atoms with Crippen LogP contribution in [0, 0.1) is 5.92 Å². The second-order valence-electron chi connectivity index (χ2n) is 3.77. The molecule has 0 aliphatic rings. The minimum absolute atomic E-state index is 0.0518. The fraction of sp³-hybridized carbons (Fsp3) is 0.462. The summed E-state index contributed by atoms with van der Waals surface area (Å²) in [5.41, 5.74) is 6.18. The van der Waals surface area contributed by atoms with Gasteiger partial charge in [0.15, 0.2) is 17.3 Å². The van der Waals surface area contributed by atoms with Crippen molar-refractivity contribution in [3.63, 3.8) is 0 Å². The predicted molar refractivity (Wildman–Crippen MR) is 66.7 cm³/mol. The number of carbonyl (C=O) groups excluding carboxylic acids is 1. The summed E-state index contributed by atoms with van der Waals surface area (Å²) in [6, 6.07) is 5.16. The molecule has 0 aliphatic carbocycles. The van der Waals surface area contributed by atoms with Gasteiger partial charge in [-0.15, -0.1) is 0 Å². The van der Waals surface area contributed by atoms with Crippen molar-refractivity contribution in [2.45, 2.75) is 13.3 Å². The number of Topliss-reactive ketones (excluding diaryl/α,β-unsaturated/α-hetero) is 1. The monoisotopic (exact) mass is 237 g/mol. The van der Waals surface area contributed by atoms with Gasteiger partial charge in [0.2, 0.25) is 0 Å². The molecule has 4 nitrogen and oxygen atoms in total. The van der Waals surface area contributed by atoms with Crippen LogP contribution in [0.4, 0.5) is 0 Å². The molecule has 4 heteroatoms. The zero-order valence-electron chi connectivity index (χ0n) is 10.5. The van der Waals surface area contributed by atoms with Gasteiger partial charge in [-0.1, -0.05) is 6.92 Å². The van der Waals surface area contributed by atoms with E-state index in [1.165, 1.54) is 0 Å². The van der Waals surface area contributed by atoms with Crippen LogP contribution < -0.4 is 15.2 Å². The van der Waals surface area contributed by atoms with Gasteiger partial charge in [-0.05, 0) is 24.6 Å². The molecule has 1 rings (SSSR count). The highest BCUT2D eigenvalue weighted by molar-refractivity contribution is 5.98. The van der Waals surface area contributed by atoms with Gasteiger partial charge < -0.3 is 15.2 Å². The Morgan fingerprint density at radius 3 is 2.41 bits per heavy atom. The summed E-state index contributed by atoms with van der Waals surface area (Å²) >= 11 is 0. The minimum atomic E-state index is -0.131. The number of methoxy groups -OCH3 is 2. The smallest absolute Gasteiger partial charge is 0.167 e. The molecule has 1 aromatic carbocycles. The number of carbonyl (C=O) groups is 1. The maximum Gasteiger partial charge on any atom is 0.167 e. The zero-order valence-corrected chi connectivity index (χ0v) is 10.5. The van der Waals surface area contributed by atoms with Crippen molar-refractivity contribution in [3.05, 3.63) is 23.8 Å². The van der Waals surface area contributed by atoms with Crippen molar-refractivity contribution >= 4 is 5.78 Å². The number of ketones is 1. The summed E-state index contributed by atoms with van der Waals surface area (Å²) in [7, 11) is 3.11. The Balaban J connectivity index is 3.03. The molecule has 0 saturated carbocycles. The van der Waals surface area contributed by atoms with Crippen molar-refractivity contribution in [2.75, 3.05) is 20.8 Å². The van der Waals surface area contributed by atoms with E-state index in [0.29, 0.717) is 23.6 Å². The topological polar surface area (TPSA) is 61.6 Å². The third-order valence-electron chi connectivity index (χ3n) is 2.82. The van der Waals surface area contributed by atoms with E-state index >= 15 is 0 Å². The Morgan fingerprint density at radius 1 is 1.29 bits per heavy atom. The summed E-state index contributed by atoms with van der Waals surface area (Å²) < 4.78 is 10.3. The quantitative estimate of drug-likeness (QED) is 0.767. The van der Waals surface area contributed by atoms with Crippen molar-refractivity contribution < 1.29 is 14.3 Å². The van der Waals surface area contributed by atoms with Crippen LogP contribution in [0.3, 0.4) is 0 Å². The molecule has 17 heavy (non-hydrogen) atoms. The number of hydrogen-bond donors (Lipinski definition) is 1. The number of rotatable bonds is 6. The van der Waals surface area contributed by atoms with Crippen LogP contribution >= 0.6 is 0 Å². The Bertz CT molecular complexity index is 386. The van der Waals surface area contributed by atoms with E-state index in [1.54, 1.807) is 32.4 Å². The van der Waals surface area contributed by atoms with Gasteiger partial charge in [0.25, 0.3) is 0 Å². The molecule has 0 heterocycles. The summed E-state index contributed by atoms with van der Waals surface area (Å²) in [6.07, 6.45) is 0.740. The Morgan fingerprint density at radius 2 is 1.94 bits per heavy atom. The molecule has 1 aromatic rings. The lowest BCUT2D eigenvalue weighted by Crippen LogP contribution is -2.23. The van der Waals surface area contributed by atoms with E-state index in [0.717, 1.165) is 6.42 Å². The first-order valence-corrected chi connectivity index (χ1v) is 5.64. The van der Waals surface area contributed by atoms with E-state index in [-0.39, 0.29) is 11.7 Å². The Hall–Kier alpha value is -1.55. The van der Waals surface area contributed by atoms with Crippen LogP contribution in [-0.4, -0.2) is 26.5 Å².